The summed E-state index contributed by atoms with van der Waals surface area (Å²) in [6, 6.07) is 35.7. The molecule has 0 unspecified atom stereocenters. The number of nitrogens with zero attached hydrogens (tertiary/aromatic N) is 3. The Hall–Kier alpha value is -3.25. The van der Waals surface area contributed by atoms with Crippen molar-refractivity contribution in [3.63, 3.8) is 0 Å². The Bertz CT molecular complexity index is 1450. The van der Waals surface area contributed by atoms with Crippen molar-refractivity contribution in [2.75, 3.05) is 6.54 Å². The van der Waals surface area contributed by atoms with E-state index in [0.717, 1.165) is 26.4 Å². The van der Waals surface area contributed by atoms with Crippen molar-refractivity contribution >= 4 is 54.0 Å². The van der Waals surface area contributed by atoms with E-state index >= 15 is 0 Å². The second kappa shape index (κ2) is 9.09. The van der Waals surface area contributed by atoms with Gasteiger partial charge >= 0.3 is 0 Å². The molecule has 0 aliphatic carbocycles. The largest absolute Gasteiger partial charge is 0.309 e. The SMILES string of the molecule is CCN=C(N=C(I)c1cccc2c1c1ccccc1n2-c1ccccc1)c1ccccc1. The van der Waals surface area contributed by atoms with E-state index in [1.165, 1.54) is 21.8 Å². The van der Waals surface area contributed by atoms with Crippen LogP contribution in [0.1, 0.15) is 18.1 Å². The van der Waals surface area contributed by atoms with Crippen LogP contribution in [0.4, 0.5) is 0 Å². The molecule has 1 heterocycles. The van der Waals surface area contributed by atoms with Crippen LogP contribution in [-0.2, 0) is 0 Å². The highest BCUT2D eigenvalue weighted by Crippen LogP contribution is 2.35. The fourth-order valence-electron chi connectivity index (χ4n) is 4.13. The quantitative estimate of drug-likeness (QED) is 0.132. The standard InChI is InChI=1S/C28H22IN3/c1-2-30-28(20-12-5-3-6-13-20)31-27(29)23-17-11-19-25-26(23)22-16-9-10-18-24(22)32(25)21-14-7-4-8-15-21/h3-19H,2H2,1H3. The van der Waals surface area contributed by atoms with Crippen LogP contribution in [0.3, 0.4) is 0 Å². The van der Waals surface area contributed by atoms with Crippen molar-refractivity contribution in [1.29, 1.82) is 0 Å². The molecule has 0 aliphatic heterocycles. The lowest BCUT2D eigenvalue weighted by Crippen LogP contribution is -2.03. The van der Waals surface area contributed by atoms with Crippen molar-refractivity contribution in [2.45, 2.75) is 6.92 Å². The maximum Gasteiger partial charge on any atom is 0.155 e. The third-order valence-electron chi connectivity index (χ3n) is 5.48. The molecule has 1 aromatic heterocycles. The lowest BCUT2D eigenvalue weighted by molar-refractivity contribution is 1.12. The molecular weight excluding hydrogens is 505 g/mol. The van der Waals surface area contributed by atoms with Gasteiger partial charge in [-0.1, -0.05) is 78.9 Å². The van der Waals surface area contributed by atoms with Crippen LogP contribution in [0.2, 0.25) is 0 Å². The third-order valence-corrected chi connectivity index (χ3v) is 6.30. The molecule has 0 fully saturated rings. The van der Waals surface area contributed by atoms with Crippen LogP contribution >= 0.6 is 22.6 Å². The smallest absolute Gasteiger partial charge is 0.155 e. The molecular formula is C28H22IN3. The van der Waals surface area contributed by atoms with Gasteiger partial charge in [-0.15, -0.1) is 0 Å². The topological polar surface area (TPSA) is 29.6 Å². The fourth-order valence-corrected chi connectivity index (χ4v) is 4.81. The van der Waals surface area contributed by atoms with E-state index in [-0.39, 0.29) is 0 Å². The van der Waals surface area contributed by atoms with Gasteiger partial charge in [0.15, 0.2) is 5.84 Å². The summed E-state index contributed by atoms with van der Waals surface area (Å²) in [4.78, 5) is 9.66. The lowest BCUT2D eigenvalue weighted by Gasteiger charge is -2.08. The number of aliphatic imine (C=N–C) groups is 2. The molecule has 0 N–H and O–H groups in total. The average molecular weight is 527 g/mol. The fraction of sp³-hybridized carbons (Fsp3) is 0.0714. The minimum absolute atomic E-state index is 0.690. The Morgan fingerprint density at radius 3 is 2.16 bits per heavy atom. The minimum Gasteiger partial charge on any atom is -0.309 e. The molecule has 5 rings (SSSR count). The normalized spacial score (nSPS) is 12.6. The van der Waals surface area contributed by atoms with E-state index in [0.29, 0.717) is 6.54 Å². The van der Waals surface area contributed by atoms with Gasteiger partial charge in [0.25, 0.3) is 0 Å². The molecule has 4 aromatic carbocycles. The van der Waals surface area contributed by atoms with E-state index in [1.807, 2.05) is 25.1 Å². The number of amidine groups is 1. The number of aromatic nitrogens is 1. The zero-order chi connectivity index (χ0) is 21.9. The molecule has 0 spiro atoms. The van der Waals surface area contributed by atoms with E-state index in [9.17, 15) is 0 Å². The molecule has 0 radical (unpaired) electrons. The van der Waals surface area contributed by atoms with Gasteiger partial charge in [-0.3, -0.25) is 4.99 Å². The van der Waals surface area contributed by atoms with E-state index < -0.39 is 0 Å². The number of fused-ring (bicyclic) bond motifs is 3. The minimum atomic E-state index is 0.690. The predicted octanol–water partition coefficient (Wildman–Crippen LogP) is 7.43. The maximum atomic E-state index is 4.99. The summed E-state index contributed by atoms with van der Waals surface area (Å²) in [5, 5.41) is 2.43. The summed E-state index contributed by atoms with van der Waals surface area (Å²) in [5.41, 5.74) is 5.67. The van der Waals surface area contributed by atoms with E-state index in [2.05, 4.69) is 117 Å². The van der Waals surface area contributed by atoms with Crippen molar-refractivity contribution in [3.8, 4) is 5.69 Å². The first-order chi connectivity index (χ1) is 15.8. The lowest BCUT2D eigenvalue weighted by atomic mass is 10.1. The van der Waals surface area contributed by atoms with Gasteiger partial charge in [0.2, 0.25) is 0 Å². The van der Waals surface area contributed by atoms with E-state index in [1.54, 1.807) is 0 Å². The number of para-hydroxylation sites is 2. The first-order valence-corrected chi connectivity index (χ1v) is 11.8. The van der Waals surface area contributed by atoms with Gasteiger partial charge < -0.3 is 4.57 Å². The molecule has 0 bridgehead atoms. The van der Waals surface area contributed by atoms with Gasteiger partial charge in [-0.05, 0) is 53.8 Å². The van der Waals surface area contributed by atoms with Crippen LogP contribution in [0.5, 0.6) is 0 Å². The zero-order valence-electron chi connectivity index (χ0n) is 17.7. The van der Waals surface area contributed by atoms with Crippen LogP contribution in [-0.4, -0.2) is 20.7 Å². The molecule has 0 saturated carbocycles. The molecule has 5 aromatic rings. The maximum absolute atomic E-state index is 4.99. The van der Waals surface area contributed by atoms with Gasteiger partial charge in [-0.25, -0.2) is 4.99 Å². The monoisotopic (exact) mass is 527 g/mol. The zero-order valence-corrected chi connectivity index (χ0v) is 19.9. The molecule has 3 nitrogen and oxygen atoms in total. The summed E-state index contributed by atoms with van der Waals surface area (Å²) in [6.45, 7) is 2.73. The Kier molecular flexibility index (Phi) is 5.86. The number of halogens is 1. The molecule has 0 atom stereocenters. The summed E-state index contributed by atoms with van der Waals surface area (Å²) in [7, 11) is 0. The third kappa shape index (κ3) is 3.75. The van der Waals surface area contributed by atoms with Crippen molar-refractivity contribution in [1.82, 2.24) is 4.57 Å². The van der Waals surface area contributed by atoms with Gasteiger partial charge in [0.1, 0.15) is 3.72 Å². The van der Waals surface area contributed by atoms with Crippen molar-refractivity contribution in [3.05, 3.63) is 114 Å². The Balaban J connectivity index is 1.76. The van der Waals surface area contributed by atoms with Gasteiger partial charge in [0, 0.05) is 34.1 Å². The second-order valence-electron chi connectivity index (χ2n) is 7.45. The summed E-state index contributed by atoms with van der Waals surface area (Å²) in [6.07, 6.45) is 0. The van der Waals surface area contributed by atoms with Crippen LogP contribution < -0.4 is 0 Å². The summed E-state index contributed by atoms with van der Waals surface area (Å²) >= 11 is 2.35. The molecule has 4 heteroatoms. The highest BCUT2D eigenvalue weighted by Gasteiger charge is 2.17. The molecule has 32 heavy (non-hydrogen) atoms. The predicted molar refractivity (Wildman–Crippen MR) is 145 cm³/mol. The number of hydrogen-bond donors (Lipinski definition) is 0. The highest BCUT2D eigenvalue weighted by atomic mass is 127. The van der Waals surface area contributed by atoms with E-state index in [4.69, 9.17) is 4.99 Å². The first kappa shape index (κ1) is 20.6. The molecule has 0 saturated heterocycles. The Morgan fingerprint density at radius 1 is 0.750 bits per heavy atom. The molecule has 156 valence electrons. The van der Waals surface area contributed by atoms with Gasteiger partial charge in [-0.2, -0.15) is 0 Å². The van der Waals surface area contributed by atoms with Crippen molar-refractivity contribution < 1.29 is 0 Å². The van der Waals surface area contributed by atoms with Crippen LogP contribution in [0.25, 0.3) is 27.5 Å². The van der Waals surface area contributed by atoms with Gasteiger partial charge in [0.05, 0.1) is 11.0 Å². The Labute approximate surface area is 201 Å². The van der Waals surface area contributed by atoms with Crippen LogP contribution in [0, 0.1) is 0 Å². The number of hydrogen-bond acceptors (Lipinski definition) is 1. The first-order valence-electron chi connectivity index (χ1n) is 10.7. The molecule has 0 amide bonds. The summed E-state index contributed by atoms with van der Waals surface area (Å²) in [5.74, 6) is 0.765. The van der Waals surface area contributed by atoms with Crippen molar-refractivity contribution in [2.24, 2.45) is 9.98 Å². The second-order valence-corrected chi connectivity index (χ2v) is 8.48. The highest BCUT2D eigenvalue weighted by molar-refractivity contribution is 14.1. The van der Waals surface area contributed by atoms with Crippen LogP contribution in [0.15, 0.2) is 113 Å². The average Bonchev–Trinajstić information content (AvgIpc) is 3.19. The molecule has 0 aliphatic rings. The number of benzene rings is 4. The Morgan fingerprint density at radius 2 is 1.41 bits per heavy atom. The summed E-state index contributed by atoms with van der Waals surface area (Å²) < 4.78 is 3.26. The number of rotatable bonds is 4.